The molecular formula is C12H12FNO4. The summed E-state index contributed by atoms with van der Waals surface area (Å²) in [6.45, 7) is 1.71. The third-order valence-electron chi connectivity index (χ3n) is 2.37. The lowest BCUT2D eigenvalue weighted by atomic mass is 10.0. The number of carbonyl (C=O) groups is 2. The van der Waals surface area contributed by atoms with Gasteiger partial charge in [0, 0.05) is 24.1 Å². The third-order valence-corrected chi connectivity index (χ3v) is 2.37. The van der Waals surface area contributed by atoms with Crippen molar-refractivity contribution in [2.75, 3.05) is 0 Å². The Kier molecular flexibility index (Phi) is 4.65. The van der Waals surface area contributed by atoms with Gasteiger partial charge in [-0.2, -0.15) is 0 Å². The topological polar surface area (TPSA) is 77.3 Å². The molecule has 1 unspecified atom stereocenters. The quantitative estimate of drug-likeness (QED) is 0.337. The van der Waals surface area contributed by atoms with Crippen LogP contribution in [0.25, 0.3) is 0 Å². The zero-order chi connectivity index (χ0) is 13.7. The van der Waals surface area contributed by atoms with E-state index in [9.17, 15) is 24.1 Å². The summed E-state index contributed by atoms with van der Waals surface area (Å²) in [5, 5.41) is 10.4. The van der Waals surface area contributed by atoms with E-state index < -0.39 is 22.7 Å². The van der Waals surface area contributed by atoms with Crippen molar-refractivity contribution in [2.24, 2.45) is 0 Å². The second-order valence-corrected chi connectivity index (χ2v) is 3.75. The van der Waals surface area contributed by atoms with Crippen LogP contribution < -0.4 is 0 Å². The van der Waals surface area contributed by atoms with Gasteiger partial charge in [-0.1, -0.05) is 6.92 Å². The number of non-ortho nitro benzene ring substituents is 1. The van der Waals surface area contributed by atoms with E-state index in [2.05, 4.69) is 0 Å². The van der Waals surface area contributed by atoms with E-state index in [1.165, 1.54) is 0 Å². The van der Waals surface area contributed by atoms with E-state index in [4.69, 9.17) is 0 Å². The van der Waals surface area contributed by atoms with E-state index >= 15 is 0 Å². The second-order valence-electron chi connectivity index (χ2n) is 3.75. The molecule has 0 fully saturated rings. The number of Topliss-reactive ketones (excluding diaryl/α,β-unsaturated/α-hetero) is 2. The fourth-order valence-electron chi connectivity index (χ4n) is 1.41. The van der Waals surface area contributed by atoms with Gasteiger partial charge in [0.05, 0.1) is 4.92 Å². The summed E-state index contributed by atoms with van der Waals surface area (Å²) in [6.07, 6.45) is -1.72. The number of carbonyl (C=O) groups excluding carboxylic acids is 2. The van der Waals surface area contributed by atoms with E-state index in [1.807, 2.05) is 0 Å². The van der Waals surface area contributed by atoms with Crippen LogP contribution in [0, 0.1) is 10.1 Å². The summed E-state index contributed by atoms with van der Waals surface area (Å²) >= 11 is 0. The number of benzene rings is 1. The number of nitro benzene ring substituents is 1. The number of nitrogens with zero attached hydrogens (tertiary/aromatic N) is 1. The number of alkyl halides is 1. The van der Waals surface area contributed by atoms with Gasteiger partial charge < -0.3 is 0 Å². The molecule has 0 heterocycles. The van der Waals surface area contributed by atoms with E-state index in [0.29, 0.717) is 6.42 Å². The first-order chi connectivity index (χ1) is 8.47. The molecule has 0 aliphatic carbocycles. The molecule has 1 rings (SSSR count). The Bertz CT molecular complexity index is 469. The van der Waals surface area contributed by atoms with Gasteiger partial charge in [0.1, 0.15) is 0 Å². The maximum Gasteiger partial charge on any atom is 0.269 e. The van der Waals surface area contributed by atoms with Crippen molar-refractivity contribution in [1.82, 2.24) is 0 Å². The Hall–Kier alpha value is -2.11. The lowest BCUT2D eigenvalue weighted by Crippen LogP contribution is -2.25. The fourth-order valence-corrected chi connectivity index (χ4v) is 1.41. The van der Waals surface area contributed by atoms with Crippen molar-refractivity contribution in [2.45, 2.75) is 25.9 Å². The van der Waals surface area contributed by atoms with Gasteiger partial charge >= 0.3 is 0 Å². The number of halogens is 1. The number of rotatable bonds is 6. The molecule has 0 amide bonds. The van der Waals surface area contributed by atoms with Gasteiger partial charge in [0.15, 0.2) is 5.78 Å². The number of hydrogen-bond donors (Lipinski definition) is 0. The van der Waals surface area contributed by atoms with Crippen molar-refractivity contribution in [3.63, 3.8) is 0 Å². The lowest BCUT2D eigenvalue weighted by molar-refractivity contribution is -0.384. The first-order valence-corrected chi connectivity index (χ1v) is 5.42. The maximum absolute atomic E-state index is 13.5. The van der Waals surface area contributed by atoms with Crippen LogP contribution in [0.2, 0.25) is 0 Å². The van der Waals surface area contributed by atoms with Crippen LogP contribution in [0.15, 0.2) is 24.3 Å². The molecule has 1 atom stereocenters. The van der Waals surface area contributed by atoms with Crippen molar-refractivity contribution in [3.05, 3.63) is 39.9 Å². The molecule has 0 spiro atoms. The summed E-state index contributed by atoms with van der Waals surface area (Å²) < 4.78 is 13.5. The second kappa shape index (κ2) is 6.00. The summed E-state index contributed by atoms with van der Waals surface area (Å²) in [5.41, 5.74) is -0.237. The predicted molar refractivity (Wildman–Crippen MR) is 62.2 cm³/mol. The van der Waals surface area contributed by atoms with Crippen LogP contribution >= 0.6 is 0 Å². The van der Waals surface area contributed by atoms with Crippen molar-refractivity contribution >= 4 is 17.3 Å². The van der Waals surface area contributed by atoms with Crippen LogP contribution in [0.5, 0.6) is 0 Å². The largest absolute Gasteiger partial charge is 0.296 e. The molecule has 5 nitrogen and oxygen atoms in total. The fraction of sp³-hybridized carbons (Fsp3) is 0.333. The van der Waals surface area contributed by atoms with Gasteiger partial charge in [0.25, 0.3) is 5.69 Å². The van der Waals surface area contributed by atoms with Crippen molar-refractivity contribution < 1.29 is 18.9 Å². The minimum atomic E-state index is -2.19. The molecule has 0 aliphatic rings. The molecule has 0 radical (unpaired) electrons. The molecule has 0 saturated carbocycles. The Labute approximate surface area is 103 Å². The number of ketones is 2. The molecule has 1 aromatic rings. The van der Waals surface area contributed by atoms with E-state index in [0.717, 1.165) is 24.3 Å². The summed E-state index contributed by atoms with van der Waals surface area (Å²) in [4.78, 5) is 32.6. The van der Waals surface area contributed by atoms with Crippen molar-refractivity contribution in [1.29, 1.82) is 0 Å². The summed E-state index contributed by atoms with van der Waals surface area (Å²) in [5.74, 6) is -1.72. The Balaban J connectivity index is 2.84. The first-order valence-electron chi connectivity index (χ1n) is 5.42. The highest BCUT2D eigenvalue weighted by Crippen LogP contribution is 2.15. The minimum absolute atomic E-state index is 0.000111. The highest BCUT2D eigenvalue weighted by molar-refractivity contribution is 6.13. The Morgan fingerprint density at radius 2 is 1.89 bits per heavy atom. The van der Waals surface area contributed by atoms with Crippen LogP contribution in [-0.2, 0) is 4.79 Å². The van der Waals surface area contributed by atoms with Gasteiger partial charge in [-0.05, 0) is 18.6 Å². The average molecular weight is 253 g/mol. The highest BCUT2D eigenvalue weighted by Gasteiger charge is 2.26. The SMILES string of the molecule is CCCC(=O)C(F)C(=O)c1ccc([N+](=O)[O-])cc1. The van der Waals surface area contributed by atoms with Crippen LogP contribution in [0.3, 0.4) is 0 Å². The van der Waals surface area contributed by atoms with Crippen LogP contribution in [0.1, 0.15) is 30.1 Å². The van der Waals surface area contributed by atoms with Gasteiger partial charge in [-0.25, -0.2) is 4.39 Å². The molecule has 0 saturated heterocycles. The predicted octanol–water partition coefficient (Wildman–Crippen LogP) is 2.48. The zero-order valence-corrected chi connectivity index (χ0v) is 9.76. The Morgan fingerprint density at radius 1 is 1.33 bits per heavy atom. The third kappa shape index (κ3) is 3.19. The maximum atomic E-state index is 13.5. The first kappa shape index (κ1) is 14.0. The monoisotopic (exact) mass is 253 g/mol. The van der Waals surface area contributed by atoms with Gasteiger partial charge in [-0.15, -0.1) is 0 Å². The van der Waals surface area contributed by atoms with Crippen LogP contribution in [0.4, 0.5) is 10.1 Å². The minimum Gasteiger partial charge on any atom is -0.296 e. The van der Waals surface area contributed by atoms with Gasteiger partial charge in [0.2, 0.25) is 12.0 Å². The molecular weight excluding hydrogens is 241 g/mol. The molecule has 0 N–H and O–H groups in total. The van der Waals surface area contributed by atoms with Gasteiger partial charge in [-0.3, -0.25) is 19.7 Å². The van der Waals surface area contributed by atoms with Crippen molar-refractivity contribution in [3.8, 4) is 0 Å². The smallest absolute Gasteiger partial charge is 0.269 e. The molecule has 0 bridgehead atoms. The Morgan fingerprint density at radius 3 is 2.33 bits per heavy atom. The molecule has 6 heteroatoms. The van der Waals surface area contributed by atoms with E-state index in [-0.39, 0.29) is 17.7 Å². The average Bonchev–Trinajstić information content (AvgIpc) is 2.37. The number of nitro groups is 1. The van der Waals surface area contributed by atoms with E-state index in [1.54, 1.807) is 6.92 Å². The number of hydrogen-bond acceptors (Lipinski definition) is 4. The molecule has 0 aromatic heterocycles. The molecule has 18 heavy (non-hydrogen) atoms. The summed E-state index contributed by atoms with van der Waals surface area (Å²) in [6, 6.07) is 4.49. The normalized spacial score (nSPS) is 11.9. The highest BCUT2D eigenvalue weighted by atomic mass is 19.1. The summed E-state index contributed by atoms with van der Waals surface area (Å²) in [7, 11) is 0. The molecule has 0 aliphatic heterocycles. The van der Waals surface area contributed by atoms with Crippen LogP contribution in [-0.4, -0.2) is 22.7 Å². The molecule has 96 valence electrons. The molecule has 1 aromatic carbocycles. The zero-order valence-electron chi connectivity index (χ0n) is 9.76. The standard InChI is InChI=1S/C12H12FNO4/c1-2-3-10(15)11(13)12(16)8-4-6-9(7-5-8)14(17)18/h4-7,11H,2-3H2,1H3. The lowest BCUT2D eigenvalue weighted by Gasteiger charge is -2.05.